The van der Waals surface area contributed by atoms with E-state index in [1.165, 1.54) is 17.0 Å². The molecule has 116 valence electrons. The minimum atomic E-state index is -0.285. The molecule has 0 aliphatic carbocycles. The van der Waals surface area contributed by atoms with Gasteiger partial charge in [-0.3, -0.25) is 14.5 Å². The van der Waals surface area contributed by atoms with Crippen molar-refractivity contribution in [2.75, 3.05) is 33.7 Å². The summed E-state index contributed by atoms with van der Waals surface area (Å²) in [6.07, 6.45) is 0.815. The van der Waals surface area contributed by atoms with Crippen LogP contribution in [0.1, 0.15) is 23.7 Å². The molecular formula is C15H22N2O4. The molecule has 0 aromatic heterocycles. The van der Waals surface area contributed by atoms with Crippen LogP contribution in [0, 0.1) is 0 Å². The summed E-state index contributed by atoms with van der Waals surface area (Å²) in [6, 6.07) is 3.86. The first-order chi connectivity index (χ1) is 9.85. The Labute approximate surface area is 124 Å². The Balaban J connectivity index is 2.78. The molecule has 1 aromatic rings. The van der Waals surface area contributed by atoms with Crippen LogP contribution in [-0.4, -0.2) is 65.4 Å². The molecule has 2 N–H and O–H groups in total. The molecule has 1 amide bonds. The smallest absolute Gasteiger partial charge is 0.236 e. The van der Waals surface area contributed by atoms with Gasteiger partial charge in [0.15, 0.2) is 5.78 Å². The van der Waals surface area contributed by atoms with E-state index in [9.17, 15) is 19.8 Å². The summed E-state index contributed by atoms with van der Waals surface area (Å²) in [4.78, 5) is 27.2. The first-order valence-electron chi connectivity index (χ1n) is 6.82. The number of amides is 1. The molecule has 1 rings (SSSR count). The second-order valence-corrected chi connectivity index (χ2v) is 5.12. The van der Waals surface area contributed by atoms with Crippen molar-refractivity contribution in [3.05, 3.63) is 23.8 Å². The van der Waals surface area contributed by atoms with Crippen LogP contribution < -0.4 is 0 Å². The lowest BCUT2D eigenvalue weighted by atomic mass is 10.1. The van der Waals surface area contributed by atoms with E-state index in [4.69, 9.17) is 0 Å². The quantitative estimate of drug-likeness (QED) is 0.736. The second-order valence-electron chi connectivity index (χ2n) is 5.12. The maximum atomic E-state index is 12.2. The highest BCUT2D eigenvalue weighted by Gasteiger charge is 2.18. The zero-order chi connectivity index (χ0) is 16.0. The van der Waals surface area contributed by atoms with Crippen LogP contribution in [0.4, 0.5) is 0 Å². The summed E-state index contributed by atoms with van der Waals surface area (Å²) in [5, 5.41) is 18.9. The number of rotatable bonds is 7. The van der Waals surface area contributed by atoms with Gasteiger partial charge in [0, 0.05) is 20.2 Å². The summed E-state index contributed by atoms with van der Waals surface area (Å²) in [6.45, 7) is 2.79. The third-order valence-corrected chi connectivity index (χ3v) is 3.05. The van der Waals surface area contributed by atoms with E-state index in [1.54, 1.807) is 19.0 Å². The van der Waals surface area contributed by atoms with Gasteiger partial charge in [0.05, 0.1) is 18.7 Å². The van der Waals surface area contributed by atoms with Gasteiger partial charge in [-0.05, 0) is 25.1 Å². The number of ketones is 1. The molecule has 0 atom stereocenters. The first-order valence-corrected chi connectivity index (χ1v) is 6.82. The molecule has 0 spiro atoms. The third-order valence-electron chi connectivity index (χ3n) is 3.05. The van der Waals surface area contributed by atoms with Crippen LogP contribution >= 0.6 is 0 Å². The van der Waals surface area contributed by atoms with E-state index in [2.05, 4.69) is 0 Å². The molecule has 0 aliphatic rings. The number of nitrogens with zero attached hydrogens (tertiary/aromatic N) is 2. The zero-order valence-electron chi connectivity index (χ0n) is 12.7. The molecule has 0 radical (unpaired) electrons. The SMILES string of the molecule is CCCN(CC(=O)c1ccc(O)cc1O)CC(=O)N(C)C. The maximum absolute atomic E-state index is 12.2. The van der Waals surface area contributed by atoms with E-state index in [0.717, 1.165) is 12.5 Å². The molecule has 0 bridgehead atoms. The number of likely N-dealkylation sites (N-methyl/N-ethyl adjacent to an activating group) is 1. The Hall–Kier alpha value is -2.08. The number of carbonyl (C=O) groups excluding carboxylic acids is 2. The van der Waals surface area contributed by atoms with Gasteiger partial charge in [-0.2, -0.15) is 0 Å². The number of Topliss-reactive ketones (excluding diaryl/α,β-unsaturated/α-hetero) is 1. The van der Waals surface area contributed by atoms with Gasteiger partial charge in [0.25, 0.3) is 0 Å². The van der Waals surface area contributed by atoms with Crippen molar-refractivity contribution in [1.82, 2.24) is 9.80 Å². The average Bonchev–Trinajstić information content (AvgIpc) is 2.38. The highest BCUT2D eigenvalue weighted by Crippen LogP contribution is 2.23. The van der Waals surface area contributed by atoms with Crippen molar-refractivity contribution in [2.24, 2.45) is 0 Å². The maximum Gasteiger partial charge on any atom is 0.236 e. The molecule has 0 aliphatic heterocycles. The summed E-state index contributed by atoms with van der Waals surface area (Å²) in [5.41, 5.74) is 0.145. The molecule has 0 saturated heterocycles. The van der Waals surface area contributed by atoms with Gasteiger partial charge in [0.2, 0.25) is 5.91 Å². The van der Waals surface area contributed by atoms with E-state index < -0.39 is 0 Å². The summed E-state index contributed by atoms with van der Waals surface area (Å²) in [7, 11) is 3.33. The molecule has 1 aromatic carbocycles. The van der Waals surface area contributed by atoms with Crippen molar-refractivity contribution in [1.29, 1.82) is 0 Å². The molecule has 0 unspecified atom stereocenters. The minimum Gasteiger partial charge on any atom is -0.508 e. The zero-order valence-corrected chi connectivity index (χ0v) is 12.7. The topological polar surface area (TPSA) is 81.1 Å². The fourth-order valence-electron chi connectivity index (χ4n) is 1.91. The Bertz CT molecular complexity index is 514. The Morgan fingerprint density at radius 3 is 2.33 bits per heavy atom. The number of carbonyl (C=O) groups is 2. The predicted octanol–water partition coefficient (Wildman–Crippen LogP) is 1.08. The van der Waals surface area contributed by atoms with Crippen molar-refractivity contribution >= 4 is 11.7 Å². The van der Waals surface area contributed by atoms with E-state index in [1.807, 2.05) is 6.92 Å². The van der Waals surface area contributed by atoms with Gasteiger partial charge in [0.1, 0.15) is 11.5 Å². The van der Waals surface area contributed by atoms with Crippen molar-refractivity contribution in [3.8, 4) is 11.5 Å². The minimum absolute atomic E-state index is 0.0474. The lowest BCUT2D eigenvalue weighted by Crippen LogP contribution is -2.39. The third kappa shape index (κ3) is 5.07. The highest BCUT2D eigenvalue weighted by molar-refractivity contribution is 6.00. The monoisotopic (exact) mass is 294 g/mol. The van der Waals surface area contributed by atoms with E-state index >= 15 is 0 Å². The molecule has 6 heteroatoms. The molecule has 6 nitrogen and oxygen atoms in total. The Morgan fingerprint density at radius 2 is 1.81 bits per heavy atom. The lowest BCUT2D eigenvalue weighted by Gasteiger charge is -2.22. The summed E-state index contributed by atoms with van der Waals surface area (Å²) in [5.74, 6) is -0.716. The number of hydrogen-bond donors (Lipinski definition) is 2. The number of benzene rings is 1. The standard InChI is InChI=1S/C15H22N2O4/c1-4-7-17(10-15(21)16(2)3)9-14(20)12-6-5-11(18)8-13(12)19/h5-6,8,18-19H,4,7,9-10H2,1-3H3. The predicted molar refractivity (Wildman–Crippen MR) is 79.5 cm³/mol. The van der Waals surface area contributed by atoms with Gasteiger partial charge in [-0.25, -0.2) is 0 Å². The van der Waals surface area contributed by atoms with Gasteiger partial charge in [-0.1, -0.05) is 6.92 Å². The lowest BCUT2D eigenvalue weighted by molar-refractivity contribution is -0.129. The van der Waals surface area contributed by atoms with Crippen LogP contribution in [0.2, 0.25) is 0 Å². The van der Waals surface area contributed by atoms with E-state index in [-0.39, 0.29) is 41.8 Å². The van der Waals surface area contributed by atoms with Crippen LogP contribution in [0.25, 0.3) is 0 Å². The summed E-state index contributed by atoms with van der Waals surface area (Å²) < 4.78 is 0. The molecule has 0 heterocycles. The highest BCUT2D eigenvalue weighted by atomic mass is 16.3. The number of hydrogen-bond acceptors (Lipinski definition) is 5. The Kier molecular flexibility index (Phi) is 6.17. The molecule has 21 heavy (non-hydrogen) atoms. The second kappa shape index (κ2) is 7.64. The number of phenolic OH excluding ortho intramolecular Hbond substituents is 2. The molecule has 0 saturated carbocycles. The van der Waals surface area contributed by atoms with Crippen LogP contribution in [0.15, 0.2) is 18.2 Å². The van der Waals surface area contributed by atoms with Gasteiger partial charge in [-0.15, -0.1) is 0 Å². The van der Waals surface area contributed by atoms with Gasteiger partial charge >= 0.3 is 0 Å². The van der Waals surface area contributed by atoms with Crippen molar-refractivity contribution in [2.45, 2.75) is 13.3 Å². The normalized spacial score (nSPS) is 10.7. The van der Waals surface area contributed by atoms with Crippen LogP contribution in [0.5, 0.6) is 11.5 Å². The van der Waals surface area contributed by atoms with Crippen LogP contribution in [0.3, 0.4) is 0 Å². The fourth-order valence-corrected chi connectivity index (χ4v) is 1.91. The fraction of sp³-hybridized carbons (Fsp3) is 0.467. The summed E-state index contributed by atoms with van der Waals surface area (Å²) >= 11 is 0. The van der Waals surface area contributed by atoms with Crippen molar-refractivity contribution < 1.29 is 19.8 Å². The van der Waals surface area contributed by atoms with Gasteiger partial charge < -0.3 is 15.1 Å². The molecule has 0 fully saturated rings. The van der Waals surface area contributed by atoms with Crippen LogP contribution in [-0.2, 0) is 4.79 Å². The molecular weight excluding hydrogens is 272 g/mol. The van der Waals surface area contributed by atoms with E-state index in [0.29, 0.717) is 6.54 Å². The first kappa shape index (κ1) is 17.0. The number of aromatic hydroxyl groups is 2. The largest absolute Gasteiger partial charge is 0.508 e. The Morgan fingerprint density at radius 1 is 1.14 bits per heavy atom. The number of phenols is 2. The average molecular weight is 294 g/mol. The van der Waals surface area contributed by atoms with Crippen molar-refractivity contribution in [3.63, 3.8) is 0 Å².